The highest BCUT2D eigenvalue weighted by atomic mass is 16.5. The summed E-state index contributed by atoms with van der Waals surface area (Å²) in [5.41, 5.74) is 0. The fraction of sp³-hybridized carbons (Fsp3) is 0.833. The molecule has 6 heteroatoms. The van der Waals surface area contributed by atoms with Crippen LogP contribution >= 0.6 is 0 Å². The van der Waals surface area contributed by atoms with Gasteiger partial charge in [-0.25, -0.2) is 0 Å². The average molecular weight is 255 g/mol. The van der Waals surface area contributed by atoms with E-state index in [1.54, 1.807) is 11.8 Å². The van der Waals surface area contributed by atoms with Crippen LogP contribution in [-0.2, 0) is 14.3 Å². The Morgan fingerprint density at radius 2 is 1.89 bits per heavy atom. The van der Waals surface area contributed by atoms with Crippen LogP contribution in [0.25, 0.3) is 0 Å². The van der Waals surface area contributed by atoms with Crippen LogP contribution < -0.4 is 5.32 Å². The molecule has 2 heterocycles. The van der Waals surface area contributed by atoms with Crippen LogP contribution in [0.15, 0.2) is 0 Å². The molecule has 0 radical (unpaired) electrons. The molecule has 2 saturated heterocycles. The van der Waals surface area contributed by atoms with Crippen molar-refractivity contribution < 1.29 is 14.3 Å². The van der Waals surface area contributed by atoms with Gasteiger partial charge in [0, 0.05) is 52.1 Å². The zero-order valence-electron chi connectivity index (χ0n) is 10.9. The smallest absolute Gasteiger partial charge is 0.224 e. The Hall–Kier alpha value is -1.14. The van der Waals surface area contributed by atoms with Crippen molar-refractivity contribution in [1.29, 1.82) is 0 Å². The zero-order chi connectivity index (χ0) is 13.0. The Kier molecular flexibility index (Phi) is 4.54. The number of ether oxygens (including phenoxy) is 1. The molecule has 1 N–H and O–H groups in total. The number of nitrogens with zero attached hydrogens (tertiary/aromatic N) is 2. The van der Waals surface area contributed by atoms with Gasteiger partial charge in [-0.1, -0.05) is 0 Å². The molecule has 2 amide bonds. The number of hydrogen-bond acceptors (Lipinski definition) is 4. The second-order valence-corrected chi connectivity index (χ2v) is 4.82. The maximum atomic E-state index is 12.1. The van der Waals surface area contributed by atoms with Crippen molar-refractivity contribution in [1.82, 2.24) is 15.1 Å². The van der Waals surface area contributed by atoms with Crippen molar-refractivity contribution >= 4 is 11.8 Å². The summed E-state index contributed by atoms with van der Waals surface area (Å²) < 4.78 is 5.33. The predicted octanol–water partition coefficient (Wildman–Crippen LogP) is -0.944. The number of morpholine rings is 1. The molecule has 0 aliphatic carbocycles. The number of nitrogens with one attached hydrogen (secondary N) is 1. The summed E-state index contributed by atoms with van der Waals surface area (Å²) >= 11 is 0. The lowest BCUT2D eigenvalue weighted by Gasteiger charge is -2.35. The number of hydrogen-bond donors (Lipinski definition) is 1. The molecule has 0 aromatic heterocycles. The minimum atomic E-state index is 0.0875. The van der Waals surface area contributed by atoms with Crippen LogP contribution in [0.5, 0.6) is 0 Å². The Balaban J connectivity index is 1.75. The molecule has 0 spiro atoms. The summed E-state index contributed by atoms with van der Waals surface area (Å²) in [6, 6.07) is 0.136. The Bertz CT molecular complexity index is 308. The second kappa shape index (κ2) is 6.15. The molecule has 0 saturated carbocycles. The highest BCUT2D eigenvalue weighted by molar-refractivity contribution is 5.78. The van der Waals surface area contributed by atoms with Gasteiger partial charge in [-0.15, -0.1) is 0 Å². The number of rotatable bonds is 2. The molecule has 0 bridgehead atoms. The standard InChI is InChI=1S/C12H21N3O3/c1-10(16)14-3-5-15(6-4-14)12(17)8-11-9-18-7-2-13-11/h11,13H,2-9H2,1H3. The first kappa shape index (κ1) is 13.3. The quantitative estimate of drug-likeness (QED) is 0.691. The van der Waals surface area contributed by atoms with E-state index in [0.717, 1.165) is 13.2 Å². The molecule has 6 nitrogen and oxygen atoms in total. The third-order valence-corrected chi connectivity index (χ3v) is 3.50. The minimum Gasteiger partial charge on any atom is -0.378 e. The third kappa shape index (κ3) is 3.43. The summed E-state index contributed by atoms with van der Waals surface area (Å²) in [7, 11) is 0. The summed E-state index contributed by atoms with van der Waals surface area (Å²) in [5.74, 6) is 0.241. The van der Waals surface area contributed by atoms with Crippen molar-refractivity contribution in [2.45, 2.75) is 19.4 Å². The van der Waals surface area contributed by atoms with Crippen LogP contribution in [0.3, 0.4) is 0 Å². The van der Waals surface area contributed by atoms with Crippen molar-refractivity contribution in [3.63, 3.8) is 0 Å². The molecule has 0 aromatic rings. The van der Waals surface area contributed by atoms with E-state index in [1.807, 2.05) is 4.90 Å². The monoisotopic (exact) mass is 255 g/mol. The van der Waals surface area contributed by atoms with Crippen LogP contribution in [0.4, 0.5) is 0 Å². The Morgan fingerprint density at radius 1 is 1.22 bits per heavy atom. The van der Waals surface area contributed by atoms with Gasteiger partial charge in [-0.2, -0.15) is 0 Å². The van der Waals surface area contributed by atoms with E-state index in [9.17, 15) is 9.59 Å². The average Bonchev–Trinajstić information content (AvgIpc) is 2.40. The van der Waals surface area contributed by atoms with Gasteiger partial charge in [-0.3, -0.25) is 9.59 Å². The van der Waals surface area contributed by atoms with Crippen molar-refractivity contribution in [2.75, 3.05) is 45.9 Å². The molecule has 2 aliphatic heterocycles. The summed E-state index contributed by atoms with van der Waals surface area (Å²) in [6.45, 7) is 6.31. The maximum absolute atomic E-state index is 12.1. The highest BCUT2D eigenvalue weighted by Crippen LogP contribution is 2.07. The normalized spacial score (nSPS) is 25.1. The van der Waals surface area contributed by atoms with Gasteiger partial charge in [0.1, 0.15) is 0 Å². The van der Waals surface area contributed by atoms with Crippen molar-refractivity contribution in [3.8, 4) is 0 Å². The number of carbonyl (C=O) groups is 2. The van der Waals surface area contributed by atoms with E-state index < -0.39 is 0 Å². The zero-order valence-corrected chi connectivity index (χ0v) is 10.9. The van der Waals surface area contributed by atoms with Crippen LogP contribution in [0.2, 0.25) is 0 Å². The molecular weight excluding hydrogens is 234 g/mol. The molecule has 2 aliphatic rings. The SMILES string of the molecule is CC(=O)N1CCN(C(=O)CC2COCCN2)CC1. The van der Waals surface area contributed by atoms with Gasteiger partial charge in [0.15, 0.2) is 0 Å². The molecule has 2 fully saturated rings. The first-order valence-electron chi connectivity index (χ1n) is 6.51. The molecule has 18 heavy (non-hydrogen) atoms. The summed E-state index contributed by atoms with van der Waals surface area (Å²) in [4.78, 5) is 26.9. The van der Waals surface area contributed by atoms with Gasteiger partial charge in [0.2, 0.25) is 11.8 Å². The first-order chi connectivity index (χ1) is 8.66. The Labute approximate surface area is 107 Å². The van der Waals surface area contributed by atoms with Crippen LogP contribution in [-0.4, -0.2) is 73.6 Å². The van der Waals surface area contributed by atoms with Crippen LogP contribution in [0.1, 0.15) is 13.3 Å². The van der Waals surface area contributed by atoms with E-state index in [-0.39, 0.29) is 17.9 Å². The van der Waals surface area contributed by atoms with Gasteiger partial charge in [-0.05, 0) is 0 Å². The lowest BCUT2D eigenvalue weighted by molar-refractivity contribution is -0.139. The molecule has 1 atom stereocenters. The van der Waals surface area contributed by atoms with E-state index >= 15 is 0 Å². The van der Waals surface area contributed by atoms with E-state index in [2.05, 4.69) is 5.32 Å². The second-order valence-electron chi connectivity index (χ2n) is 4.82. The molecular formula is C12H21N3O3. The third-order valence-electron chi connectivity index (χ3n) is 3.50. The first-order valence-corrected chi connectivity index (χ1v) is 6.51. The van der Waals surface area contributed by atoms with E-state index in [0.29, 0.717) is 39.2 Å². The number of amides is 2. The summed E-state index contributed by atoms with van der Waals surface area (Å²) in [5, 5.41) is 3.28. The molecule has 102 valence electrons. The predicted molar refractivity (Wildman–Crippen MR) is 66.1 cm³/mol. The largest absolute Gasteiger partial charge is 0.378 e. The fourth-order valence-corrected chi connectivity index (χ4v) is 2.36. The minimum absolute atomic E-state index is 0.0875. The van der Waals surface area contributed by atoms with E-state index in [4.69, 9.17) is 4.74 Å². The van der Waals surface area contributed by atoms with Gasteiger partial charge in [0.05, 0.1) is 13.2 Å². The van der Waals surface area contributed by atoms with Crippen molar-refractivity contribution in [3.05, 3.63) is 0 Å². The summed E-state index contributed by atoms with van der Waals surface area (Å²) in [6.07, 6.45) is 0.486. The lowest BCUT2D eigenvalue weighted by atomic mass is 10.1. The molecule has 1 unspecified atom stereocenters. The molecule has 0 aromatic carbocycles. The van der Waals surface area contributed by atoms with Gasteiger partial charge < -0.3 is 19.9 Å². The van der Waals surface area contributed by atoms with Gasteiger partial charge >= 0.3 is 0 Å². The van der Waals surface area contributed by atoms with E-state index in [1.165, 1.54) is 0 Å². The molecule has 2 rings (SSSR count). The lowest BCUT2D eigenvalue weighted by Crippen LogP contribution is -2.52. The fourth-order valence-electron chi connectivity index (χ4n) is 2.36. The highest BCUT2D eigenvalue weighted by Gasteiger charge is 2.25. The van der Waals surface area contributed by atoms with Gasteiger partial charge in [0.25, 0.3) is 0 Å². The topological polar surface area (TPSA) is 61.9 Å². The number of carbonyl (C=O) groups excluding carboxylic acids is 2. The van der Waals surface area contributed by atoms with Crippen molar-refractivity contribution in [2.24, 2.45) is 0 Å². The maximum Gasteiger partial charge on any atom is 0.224 e. The Morgan fingerprint density at radius 3 is 2.44 bits per heavy atom. The number of piperazine rings is 1. The van der Waals surface area contributed by atoms with Crippen LogP contribution in [0, 0.1) is 0 Å².